The van der Waals surface area contributed by atoms with Gasteiger partial charge in [0, 0.05) is 11.8 Å². The third kappa shape index (κ3) is 3.67. The van der Waals surface area contributed by atoms with Crippen molar-refractivity contribution in [3.63, 3.8) is 0 Å². The van der Waals surface area contributed by atoms with Gasteiger partial charge in [0.25, 0.3) is 0 Å². The summed E-state index contributed by atoms with van der Waals surface area (Å²) in [6.07, 6.45) is 1.37. The molecule has 0 bridgehead atoms. The first-order valence-corrected chi connectivity index (χ1v) is 7.61. The van der Waals surface area contributed by atoms with Crippen LogP contribution in [-0.2, 0) is 4.74 Å². The Morgan fingerprint density at radius 1 is 1.42 bits per heavy atom. The van der Waals surface area contributed by atoms with Crippen molar-refractivity contribution in [1.82, 2.24) is 5.06 Å². The number of carbonyl (C=O) groups is 1. The summed E-state index contributed by atoms with van der Waals surface area (Å²) in [5, 5.41) is 10.2. The van der Waals surface area contributed by atoms with Crippen LogP contribution in [0.3, 0.4) is 0 Å². The molecule has 1 aliphatic rings. The van der Waals surface area contributed by atoms with Crippen LogP contribution in [0.15, 0.2) is 28.7 Å². The van der Waals surface area contributed by atoms with E-state index < -0.39 is 6.03 Å². The van der Waals surface area contributed by atoms with Gasteiger partial charge in [-0.3, -0.25) is 5.21 Å². The van der Waals surface area contributed by atoms with E-state index in [0.717, 1.165) is 12.8 Å². The lowest BCUT2D eigenvalue weighted by Crippen LogP contribution is -2.33. The number of halogens is 1. The standard InChI is InChI=1S/C17H17FN2O4/c18-12-4-6-14-11(9-12)10-16(24-14)15-7-5-13(23-15)3-1-2-8-20(22)17(19)21/h4,6,9-10,13,15,22H,2,5,7-8H2,(H2,19,21)/t13-,15?/m0/s1. The molecule has 3 rings (SSSR count). The molecule has 126 valence electrons. The number of fused-ring (bicyclic) bond motifs is 1. The van der Waals surface area contributed by atoms with E-state index in [9.17, 15) is 9.18 Å². The zero-order valence-corrected chi connectivity index (χ0v) is 12.9. The molecule has 1 unspecified atom stereocenters. The Morgan fingerprint density at radius 2 is 2.25 bits per heavy atom. The lowest BCUT2D eigenvalue weighted by atomic mass is 10.1. The summed E-state index contributed by atoms with van der Waals surface area (Å²) in [5.41, 5.74) is 5.52. The maximum absolute atomic E-state index is 13.2. The van der Waals surface area contributed by atoms with Gasteiger partial charge in [-0.25, -0.2) is 14.2 Å². The molecule has 3 N–H and O–H groups in total. The molecule has 0 spiro atoms. The number of benzene rings is 1. The van der Waals surface area contributed by atoms with Crippen LogP contribution in [0.4, 0.5) is 9.18 Å². The molecule has 2 atom stereocenters. The summed E-state index contributed by atoms with van der Waals surface area (Å²) in [6, 6.07) is 5.26. The second-order valence-electron chi connectivity index (χ2n) is 5.55. The highest BCUT2D eigenvalue weighted by molar-refractivity contribution is 5.78. The highest BCUT2D eigenvalue weighted by atomic mass is 19.1. The molecule has 1 fully saturated rings. The SMILES string of the molecule is NC(=O)N(O)CCC#C[C@H]1CCC(c2cc3cc(F)ccc3o2)O1. The number of hydrogen-bond acceptors (Lipinski definition) is 4. The zero-order chi connectivity index (χ0) is 17.1. The fourth-order valence-corrected chi connectivity index (χ4v) is 2.60. The largest absolute Gasteiger partial charge is 0.458 e. The van der Waals surface area contributed by atoms with Crippen molar-refractivity contribution in [2.24, 2.45) is 5.73 Å². The minimum Gasteiger partial charge on any atom is -0.458 e. The van der Waals surface area contributed by atoms with Crippen LogP contribution in [0.2, 0.25) is 0 Å². The first-order chi connectivity index (χ1) is 11.5. The Balaban J connectivity index is 1.58. The van der Waals surface area contributed by atoms with E-state index in [2.05, 4.69) is 11.8 Å². The Hall–Kier alpha value is -2.56. The van der Waals surface area contributed by atoms with Crippen molar-refractivity contribution in [3.05, 3.63) is 35.8 Å². The number of hydroxylamine groups is 2. The Kier molecular flexibility index (Phi) is 4.69. The number of rotatable bonds is 3. The molecule has 2 heterocycles. The molecular formula is C17H17FN2O4. The van der Waals surface area contributed by atoms with E-state index in [4.69, 9.17) is 20.1 Å². The lowest BCUT2D eigenvalue weighted by molar-refractivity contribution is -0.0373. The molecule has 24 heavy (non-hydrogen) atoms. The van der Waals surface area contributed by atoms with Gasteiger partial charge in [0.2, 0.25) is 0 Å². The summed E-state index contributed by atoms with van der Waals surface area (Å²) in [6.45, 7) is 0.0492. The molecule has 1 aromatic heterocycles. The van der Waals surface area contributed by atoms with Gasteiger partial charge >= 0.3 is 6.03 Å². The highest BCUT2D eigenvalue weighted by Crippen LogP contribution is 2.35. The molecule has 0 radical (unpaired) electrons. The van der Waals surface area contributed by atoms with E-state index in [1.807, 2.05) is 0 Å². The Bertz CT molecular complexity index is 808. The number of primary amides is 1. The summed E-state index contributed by atoms with van der Waals surface area (Å²) in [5.74, 6) is 6.17. The van der Waals surface area contributed by atoms with Gasteiger partial charge in [-0.05, 0) is 37.1 Å². The molecule has 2 aromatic rings. The van der Waals surface area contributed by atoms with Crippen LogP contribution < -0.4 is 5.73 Å². The van der Waals surface area contributed by atoms with E-state index in [0.29, 0.717) is 28.2 Å². The van der Waals surface area contributed by atoms with Crippen molar-refractivity contribution >= 4 is 17.0 Å². The number of furan rings is 1. The number of ether oxygens (including phenoxy) is 1. The predicted octanol–water partition coefficient (Wildman–Crippen LogP) is 2.96. The van der Waals surface area contributed by atoms with Crippen LogP contribution >= 0.6 is 0 Å². The molecule has 1 aromatic carbocycles. The fourth-order valence-electron chi connectivity index (χ4n) is 2.60. The molecular weight excluding hydrogens is 315 g/mol. The van der Waals surface area contributed by atoms with E-state index in [1.54, 1.807) is 12.1 Å². The van der Waals surface area contributed by atoms with Crippen molar-refractivity contribution < 1.29 is 23.5 Å². The minimum absolute atomic E-state index is 0.0492. The predicted molar refractivity (Wildman–Crippen MR) is 83.5 cm³/mol. The van der Waals surface area contributed by atoms with Crippen molar-refractivity contribution in [1.29, 1.82) is 0 Å². The van der Waals surface area contributed by atoms with Gasteiger partial charge in [0.05, 0.1) is 6.54 Å². The molecule has 1 aliphatic heterocycles. The second kappa shape index (κ2) is 6.91. The second-order valence-corrected chi connectivity index (χ2v) is 5.55. The number of urea groups is 1. The highest BCUT2D eigenvalue weighted by Gasteiger charge is 2.28. The first kappa shape index (κ1) is 16.3. The maximum atomic E-state index is 13.2. The molecule has 1 saturated heterocycles. The monoisotopic (exact) mass is 332 g/mol. The van der Waals surface area contributed by atoms with E-state index >= 15 is 0 Å². The van der Waals surface area contributed by atoms with Crippen LogP contribution in [0.25, 0.3) is 11.0 Å². The third-order valence-electron chi connectivity index (χ3n) is 3.80. The number of hydrogen-bond donors (Lipinski definition) is 2. The molecule has 7 heteroatoms. The molecule has 0 saturated carbocycles. The Labute approximate surface area is 137 Å². The maximum Gasteiger partial charge on any atom is 0.338 e. The van der Waals surface area contributed by atoms with Crippen LogP contribution in [-0.4, -0.2) is 29.0 Å². The quantitative estimate of drug-likeness (QED) is 0.514. The summed E-state index contributed by atoms with van der Waals surface area (Å²) in [7, 11) is 0. The topological polar surface area (TPSA) is 88.9 Å². The third-order valence-corrected chi connectivity index (χ3v) is 3.80. The van der Waals surface area contributed by atoms with Crippen molar-refractivity contribution in [2.75, 3.05) is 6.54 Å². The van der Waals surface area contributed by atoms with E-state index in [1.165, 1.54) is 12.1 Å². The first-order valence-electron chi connectivity index (χ1n) is 7.61. The normalized spacial score (nSPS) is 19.9. The van der Waals surface area contributed by atoms with Crippen LogP contribution in [0, 0.1) is 17.7 Å². The van der Waals surface area contributed by atoms with Gasteiger partial charge in [-0.15, -0.1) is 0 Å². The lowest BCUT2D eigenvalue weighted by Gasteiger charge is -2.09. The van der Waals surface area contributed by atoms with Gasteiger partial charge in [0.1, 0.15) is 29.4 Å². The van der Waals surface area contributed by atoms with Crippen LogP contribution in [0.5, 0.6) is 0 Å². The summed E-state index contributed by atoms with van der Waals surface area (Å²) >= 11 is 0. The average Bonchev–Trinajstić information content (AvgIpc) is 3.17. The van der Waals surface area contributed by atoms with E-state index in [-0.39, 0.29) is 24.6 Å². The van der Waals surface area contributed by atoms with Crippen molar-refractivity contribution in [2.45, 2.75) is 31.5 Å². The zero-order valence-electron chi connectivity index (χ0n) is 12.9. The van der Waals surface area contributed by atoms with Crippen LogP contribution in [0.1, 0.15) is 31.1 Å². The smallest absolute Gasteiger partial charge is 0.338 e. The average molecular weight is 332 g/mol. The van der Waals surface area contributed by atoms with Gasteiger partial charge < -0.3 is 14.9 Å². The molecule has 0 aliphatic carbocycles. The minimum atomic E-state index is -0.907. The summed E-state index contributed by atoms with van der Waals surface area (Å²) < 4.78 is 24.8. The fraction of sp³-hybridized carbons (Fsp3) is 0.353. The Morgan fingerprint density at radius 3 is 3.04 bits per heavy atom. The summed E-state index contributed by atoms with van der Waals surface area (Å²) in [4.78, 5) is 10.6. The van der Waals surface area contributed by atoms with Crippen molar-refractivity contribution in [3.8, 4) is 11.8 Å². The van der Waals surface area contributed by atoms with Gasteiger partial charge in [-0.1, -0.05) is 11.8 Å². The number of nitrogens with two attached hydrogens (primary N) is 1. The van der Waals surface area contributed by atoms with Gasteiger partial charge in [-0.2, -0.15) is 0 Å². The molecule has 2 amide bonds. The number of carbonyl (C=O) groups excluding carboxylic acids is 1. The number of amides is 2. The number of nitrogens with zero attached hydrogens (tertiary/aromatic N) is 1. The van der Waals surface area contributed by atoms with Gasteiger partial charge in [0.15, 0.2) is 0 Å². The molecule has 6 nitrogen and oxygen atoms in total.